The van der Waals surface area contributed by atoms with Crippen molar-refractivity contribution in [3.8, 4) is 5.75 Å². The summed E-state index contributed by atoms with van der Waals surface area (Å²) in [5.41, 5.74) is 0.906. The van der Waals surface area contributed by atoms with Crippen LogP contribution in [-0.4, -0.2) is 48.1 Å². The van der Waals surface area contributed by atoms with E-state index in [9.17, 15) is 19.1 Å². The monoisotopic (exact) mass is 427 g/mol. The lowest BCUT2D eigenvalue weighted by Gasteiger charge is -2.25. The number of methoxy groups -OCH3 is 1. The normalized spacial score (nSPS) is 18.1. The van der Waals surface area contributed by atoms with Gasteiger partial charge in [0.1, 0.15) is 17.3 Å². The third-order valence-electron chi connectivity index (χ3n) is 4.97. The van der Waals surface area contributed by atoms with Crippen LogP contribution in [0.25, 0.3) is 5.76 Å². The highest BCUT2D eigenvalue weighted by Crippen LogP contribution is 2.39. The van der Waals surface area contributed by atoms with E-state index in [2.05, 4.69) is 0 Å². The quantitative estimate of drug-likeness (QED) is 0.297. The predicted octanol–water partition coefficient (Wildman–Crippen LogP) is 4.07. The molecule has 0 spiro atoms. The number of ether oxygens (including phenoxy) is 2. The van der Waals surface area contributed by atoms with Crippen molar-refractivity contribution in [3.63, 3.8) is 0 Å². The highest BCUT2D eigenvalue weighted by Gasteiger charge is 2.45. The highest BCUT2D eigenvalue weighted by molar-refractivity contribution is 6.46. The molecule has 1 aliphatic heterocycles. The van der Waals surface area contributed by atoms with Crippen molar-refractivity contribution < 1.29 is 28.6 Å². The zero-order chi connectivity index (χ0) is 22.5. The summed E-state index contributed by atoms with van der Waals surface area (Å²) >= 11 is 0. The fourth-order valence-corrected chi connectivity index (χ4v) is 3.60. The molecule has 7 heteroatoms. The number of ketones is 1. The van der Waals surface area contributed by atoms with Gasteiger partial charge >= 0.3 is 0 Å². The minimum atomic E-state index is -0.816. The Hall–Kier alpha value is -3.19. The van der Waals surface area contributed by atoms with Gasteiger partial charge in [0, 0.05) is 25.8 Å². The molecular formula is C24H26FNO5. The largest absolute Gasteiger partial charge is 0.507 e. The van der Waals surface area contributed by atoms with Gasteiger partial charge in [-0.25, -0.2) is 4.39 Å². The summed E-state index contributed by atoms with van der Waals surface area (Å²) in [5.74, 6) is -1.56. The Kier molecular flexibility index (Phi) is 7.07. The van der Waals surface area contributed by atoms with E-state index >= 15 is 0 Å². The Morgan fingerprint density at radius 1 is 1.10 bits per heavy atom. The first-order valence-electron chi connectivity index (χ1n) is 10.1. The number of hydrogen-bond donors (Lipinski definition) is 1. The topological polar surface area (TPSA) is 76.1 Å². The lowest BCUT2D eigenvalue weighted by Crippen LogP contribution is -2.31. The van der Waals surface area contributed by atoms with Crippen molar-refractivity contribution >= 4 is 17.4 Å². The van der Waals surface area contributed by atoms with Gasteiger partial charge in [0.05, 0.1) is 17.7 Å². The molecule has 1 heterocycles. The second-order valence-corrected chi connectivity index (χ2v) is 7.58. The molecular weight excluding hydrogens is 401 g/mol. The van der Waals surface area contributed by atoms with Crippen LogP contribution in [0.4, 0.5) is 4.39 Å². The van der Waals surface area contributed by atoms with Crippen molar-refractivity contribution in [3.05, 3.63) is 71.0 Å². The molecule has 0 aromatic heterocycles. The van der Waals surface area contributed by atoms with Gasteiger partial charge in [0.2, 0.25) is 0 Å². The number of halogens is 1. The number of aliphatic hydroxyl groups is 1. The summed E-state index contributed by atoms with van der Waals surface area (Å²) in [6, 6.07) is 11.4. The molecule has 0 bridgehead atoms. The number of amides is 1. The van der Waals surface area contributed by atoms with Crippen molar-refractivity contribution in [2.75, 3.05) is 20.3 Å². The molecule has 1 unspecified atom stereocenters. The van der Waals surface area contributed by atoms with E-state index < -0.39 is 23.5 Å². The molecule has 1 N–H and O–H groups in total. The lowest BCUT2D eigenvalue weighted by atomic mass is 9.95. The van der Waals surface area contributed by atoms with Crippen molar-refractivity contribution in [2.24, 2.45) is 0 Å². The molecule has 6 nitrogen and oxygen atoms in total. The van der Waals surface area contributed by atoms with Gasteiger partial charge in [0.25, 0.3) is 11.7 Å². The fraction of sp³-hybridized carbons (Fsp3) is 0.333. The van der Waals surface area contributed by atoms with Gasteiger partial charge < -0.3 is 19.5 Å². The minimum absolute atomic E-state index is 0.00431. The highest BCUT2D eigenvalue weighted by atomic mass is 19.1. The molecule has 1 aliphatic rings. The van der Waals surface area contributed by atoms with Crippen LogP contribution in [0.1, 0.15) is 37.4 Å². The van der Waals surface area contributed by atoms with E-state index in [1.807, 2.05) is 13.8 Å². The number of hydrogen-bond acceptors (Lipinski definition) is 5. The molecule has 0 radical (unpaired) electrons. The van der Waals surface area contributed by atoms with Crippen LogP contribution in [0, 0.1) is 5.82 Å². The van der Waals surface area contributed by atoms with Crippen LogP contribution < -0.4 is 4.74 Å². The number of benzene rings is 2. The molecule has 2 aromatic rings. The number of aliphatic hydroxyl groups excluding tert-OH is 1. The van der Waals surface area contributed by atoms with Crippen LogP contribution in [-0.2, 0) is 14.3 Å². The molecule has 0 saturated carbocycles. The SMILES string of the molecule is COCCCN1C(=O)C(=O)/C(=C(/O)c2ccc(OC(C)C)cc2)C1c1ccc(F)cc1. The number of carbonyl (C=O) groups excluding carboxylic acids is 2. The van der Waals surface area contributed by atoms with Gasteiger partial charge in [-0.1, -0.05) is 12.1 Å². The van der Waals surface area contributed by atoms with E-state index in [4.69, 9.17) is 9.47 Å². The molecule has 2 aromatic carbocycles. The second kappa shape index (κ2) is 9.75. The summed E-state index contributed by atoms with van der Waals surface area (Å²) in [4.78, 5) is 27.1. The summed E-state index contributed by atoms with van der Waals surface area (Å²) in [6.07, 6.45) is 0.512. The zero-order valence-electron chi connectivity index (χ0n) is 17.8. The Labute approximate surface area is 180 Å². The average Bonchev–Trinajstić information content (AvgIpc) is 2.99. The molecule has 1 atom stereocenters. The van der Waals surface area contributed by atoms with Crippen LogP contribution in [0.5, 0.6) is 5.75 Å². The van der Waals surface area contributed by atoms with Crippen LogP contribution in [0.2, 0.25) is 0 Å². The maximum atomic E-state index is 13.5. The van der Waals surface area contributed by atoms with E-state index in [0.29, 0.717) is 29.9 Å². The first kappa shape index (κ1) is 22.5. The molecule has 1 amide bonds. The van der Waals surface area contributed by atoms with Crippen LogP contribution in [0.15, 0.2) is 54.1 Å². The number of Topliss-reactive ketones (excluding diaryl/α,β-unsaturated/α-hetero) is 1. The molecule has 1 fully saturated rings. The van der Waals surface area contributed by atoms with Crippen LogP contribution in [0.3, 0.4) is 0 Å². The molecule has 31 heavy (non-hydrogen) atoms. The van der Waals surface area contributed by atoms with Gasteiger partial charge in [-0.15, -0.1) is 0 Å². The smallest absolute Gasteiger partial charge is 0.295 e. The van der Waals surface area contributed by atoms with Gasteiger partial charge in [-0.05, 0) is 62.2 Å². The van der Waals surface area contributed by atoms with E-state index in [0.717, 1.165) is 0 Å². The Bertz CT molecular complexity index is 966. The van der Waals surface area contributed by atoms with Gasteiger partial charge in [-0.3, -0.25) is 9.59 Å². The molecule has 0 aliphatic carbocycles. The van der Waals surface area contributed by atoms with Gasteiger partial charge in [0.15, 0.2) is 0 Å². The maximum Gasteiger partial charge on any atom is 0.295 e. The predicted molar refractivity (Wildman–Crippen MR) is 114 cm³/mol. The number of carbonyl (C=O) groups is 2. The summed E-state index contributed by atoms with van der Waals surface area (Å²) in [6.45, 7) is 4.48. The fourth-order valence-electron chi connectivity index (χ4n) is 3.60. The maximum absolute atomic E-state index is 13.5. The Morgan fingerprint density at radius 2 is 1.74 bits per heavy atom. The van der Waals surface area contributed by atoms with E-state index in [1.54, 1.807) is 31.4 Å². The van der Waals surface area contributed by atoms with Crippen LogP contribution >= 0.6 is 0 Å². The first-order chi connectivity index (χ1) is 14.8. The Morgan fingerprint density at radius 3 is 2.32 bits per heavy atom. The summed E-state index contributed by atoms with van der Waals surface area (Å²) < 4.78 is 24.2. The molecule has 3 rings (SSSR count). The summed E-state index contributed by atoms with van der Waals surface area (Å²) in [7, 11) is 1.55. The minimum Gasteiger partial charge on any atom is -0.507 e. The summed E-state index contributed by atoms with van der Waals surface area (Å²) in [5, 5.41) is 11.0. The zero-order valence-corrected chi connectivity index (χ0v) is 17.8. The van der Waals surface area contributed by atoms with Crippen molar-refractivity contribution in [1.82, 2.24) is 4.90 Å². The van der Waals surface area contributed by atoms with E-state index in [1.165, 1.54) is 29.2 Å². The average molecular weight is 427 g/mol. The van der Waals surface area contributed by atoms with Gasteiger partial charge in [-0.2, -0.15) is 0 Å². The standard InChI is InChI=1S/C24H26FNO5/c1-15(2)31-19-11-7-17(8-12-19)22(27)20-21(16-5-9-18(25)10-6-16)26(13-4-14-30-3)24(29)23(20)28/h5-12,15,21,27H,4,13-14H2,1-3H3/b22-20+. The number of nitrogens with zero attached hydrogens (tertiary/aromatic N) is 1. The number of rotatable bonds is 8. The Balaban J connectivity index is 2.04. The third kappa shape index (κ3) is 4.94. The molecule has 164 valence electrons. The first-order valence-corrected chi connectivity index (χ1v) is 10.1. The third-order valence-corrected chi connectivity index (χ3v) is 4.97. The van der Waals surface area contributed by atoms with Crippen molar-refractivity contribution in [1.29, 1.82) is 0 Å². The van der Waals surface area contributed by atoms with Crippen molar-refractivity contribution in [2.45, 2.75) is 32.4 Å². The number of likely N-dealkylation sites (tertiary alicyclic amines) is 1. The second-order valence-electron chi connectivity index (χ2n) is 7.58. The lowest BCUT2D eigenvalue weighted by molar-refractivity contribution is -0.140. The van der Waals surface area contributed by atoms with E-state index in [-0.39, 0.29) is 24.0 Å². The molecule has 1 saturated heterocycles.